The summed E-state index contributed by atoms with van der Waals surface area (Å²) in [6, 6.07) is 17.9. The number of aromatic hydroxyl groups is 1. The van der Waals surface area contributed by atoms with Crippen LogP contribution in [0.1, 0.15) is 5.69 Å². The first-order valence-corrected chi connectivity index (χ1v) is 9.15. The van der Waals surface area contributed by atoms with Crippen molar-refractivity contribution in [3.8, 4) is 11.4 Å². The molecule has 0 radical (unpaired) electrons. The summed E-state index contributed by atoms with van der Waals surface area (Å²) in [4.78, 5) is 12.9. The number of phenols is 1. The lowest BCUT2D eigenvalue weighted by Crippen LogP contribution is -2.19. The summed E-state index contributed by atoms with van der Waals surface area (Å²) in [5.74, 6) is 0.281. The van der Waals surface area contributed by atoms with Crippen LogP contribution in [0.3, 0.4) is 0 Å². The van der Waals surface area contributed by atoms with E-state index < -0.39 is 0 Å². The fourth-order valence-corrected chi connectivity index (χ4v) is 3.05. The molecule has 26 heavy (non-hydrogen) atoms. The molecule has 2 aromatic carbocycles. The van der Waals surface area contributed by atoms with E-state index in [9.17, 15) is 9.90 Å². The molecule has 5 nitrogen and oxygen atoms in total. The molecule has 0 unspecified atom stereocenters. The largest absolute Gasteiger partial charge is 0.508 e. The van der Waals surface area contributed by atoms with E-state index in [-0.39, 0.29) is 17.4 Å². The van der Waals surface area contributed by atoms with E-state index in [1.165, 1.54) is 11.8 Å². The number of phenolic OH excluding ortho intramolecular Hbond substituents is 1. The Bertz CT molecular complexity index is 905. The van der Waals surface area contributed by atoms with Gasteiger partial charge in [0.2, 0.25) is 5.91 Å². The minimum Gasteiger partial charge on any atom is -0.508 e. The van der Waals surface area contributed by atoms with E-state index in [0.717, 1.165) is 16.3 Å². The van der Waals surface area contributed by atoms with Gasteiger partial charge in [0, 0.05) is 21.8 Å². The number of nitrogens with one attached hydrogen (secondary N) is 1. The van der Waals surface area contributed by atoms with Crippen LogP contribution < -0.4 is 5.43 Å². The first-order chi connectivity index (χ1) is 12.6. The first kappa shape index (κ1) is 18.1. The van der Waals surface area contributed by atoms with Gasteiger partial charge >= 0.3 is 0 Å². The molecule has 7 heteroatoms. The van der Waals surface area contributed by atoms with Gasteiger partial charge in [0.1, 0.15) is 5.75 Å². The van der Waals surface area contributed by atoms with Crippen molar-refractivity contribution in [2.24, 2.45) is 5.10 Å². The van der Waals surface area contributed by atoms with Gasteiger partial charge in [-0.25, -0.2) is 5.43 Å². The molecule has 3 rings (SSSR count). The quantitative estimate of drug-likeness (QED) is 0.381. The van der Waals surface area contributed by atoms with Gasteiger partial charge in [-0.15, -0.1) is 11.8 Å². The Balaban J connectivity index is 1.55. The van der Waals surface area contributed by atoms with Gasteiger partial charge in [-0.3, -0.25) is 4.79 Å². The molecule has 0 saturated carbocycles. The summed E-state index contributed by atoms with van der Waals surface area (Å²) in [5.41, 5.74) is 4.22. The second kappa shape index (κ2) is 8.60. The third-order valence-electron chi connectivity index (χ3n) is 3.48. The molecular formula is C19H16ClN3O2S. The lowest BCUT2D eigenvalue weighted by molar-refractivity contribution is -0.118. The summed E-state index contributed by atoms with van der Waals surface area (Å²) in [6.07, 6.45) is 3.46. The first-order valence-electron chi connectivity index (χ1n) is 7.79. The number of carbonyl (C=O) groups excluding carboxylic acids is 1. The Morgan fingerprint density at radius 2 is 1.88 bits per heavy atom. The van der Waals surface area contributed by atoms with Crippen molar-refractivity contribution in [1.82, 2.24) is 9.99 Å². The molecule has 0 aliphatic rings. The van der Waals surface area contributed by atoms with Crippen molar-refractivity contribution in [1.29, 1.82) is 0 Å². The highest BCUT2D eigenvalue weighted by Gasteiger charge is 2.03. The molecule has 0 aliphatic carbocycles. The summed E-state index contributed by atoms with van der Waals surface area (Å²) in [6.45, 7) is 0. The Morgan fingerprint density at radius 3 is 2.62 bits per heavy atom. The predicted molar refractivity (Wildman–Crippen MR) is 105 cm³/mol. The zero-order valence-corrected chi connectivity index (χ0v) is 15.2. The van der Waals surface area contributed by atoms with Crippen LogP contribution in [0.15, 0.2) is 76.9 Å². The van der Waals surface area contributed by atoms with E-state index >= 15 is 0 Å². The highest BCUT2D eigenvalue weighted by Crippen LogP contribution is 2.20. The van der Waals surface area contributed by atoms with Crippen molar-refractivity contribution in [3.63, 3.8) is 0 Å². The average Bonchev–Trinajstić information content (AvgIpc) is 3.10. The number of aromatic nitrogens is 1. The summed E-state index contributed by atoms with van der Waals surface area (Å²) in [5, 5.41) is 14.1. The van der Waals surface area contributed by atoms with Crippen molar-refractivity contribution in [3.05, 3.63) is 77.6 Å². The molecule has 1 heterocycles. The Kier molecular flexibility index (Phi) is 5.99. The number of halogens is 1. The van der Waals surface area contributed by atoms with Crippen LogP contribution in [0.2, 0.25) is 5.02 Å². The predicted octanol–water partition coefficient (Wildman–Crippen LogP) is 4.08. The van der Waals surface area contributed by atoms with E-state index in [4.69, 9.17) is 11.6 Å². The molecule has 132 valence electrons. The summed E-state index contributed by atoms with van der Waals surface area (Å²) < 4.78 is 1.90. The molecule has 0 fully saturated rings. The van der Waals surface area contributed by atoms with E-state index in [0.29, 0.717) is 5.02 Å². The lowest BCUT2D eigenvalue weighted by atomic mass is 10.3. The number of benzene rings is 2. The van der Waals surface area contributed by atoms with Gasteiger partial charge in [-0.2, -0.15) is 5.10 Å². The number of amides is 1. The standard InChI is InChI=1S/C19H16ClN3O2S/c20-14-3-9-18(10-4-14)26-13-19(25)22-21-12-16-2-1-11-23(16)15-5-7-17(24)8-6-15/h1-12,24H,13H2,(H,22,25)/b21-12-. The molecule has 2 N–H and O–H groups in total. The number of thioether (sulfide) groups is 1. The monoisotopic (exact) mass is 385 g/mol. The third-order valence-corrected chi connectivity index (χ3v) is 4.74. The highest BCUT2D eigenvalue weighted by molar-refractivity contribution is 8.00. The smallest absolute Gasteiger partial charge is 0.250 e. The molecule has 0 atom stereocenters. The van der Waals surface area contributed by atoms with E-state index in [2.05, 4.69) is 10.5 Å². The molecule has 1 amide bonds. The molecular weight excluding hydrogens is 370 g/mol. The van der Waals surface area contributed by atoms with Crippen molar-refractivity contribution in [2.75, 3.05) is 5.75 Å². The molecule has 0 bridgehead atoms. The van der Waals surface area contributed by atoms with Crippen molar-refractivity contribution in [2.45, 2.75) is 4.90 Å². The van der Waals surface area contributed by atoms with Crippen LogP contribution in [0.25, 0.3) is 5.69 Å². The minimum absolute atomic E-state index is 0.191. The number of hydrazone groups is 1. The molecule has 0 saturated heterocycles. The van der Waals surface area contributed by atoms with Crippen LogP contribution in [0.4, 0.5) is 0 Å². The third kappa shape index (κ3) is 4.91. The van der Waals surface area contributed by atoms with Gasteiger partial charge in [0.25, 0.3) is 0 Å². The van der Waals surface area contributed by atoms with E-state index in [1.807, 2.05) is 35.0 Å². The maximum absolute atomic E-state index is 11.9. The van der Waals surface area contributed by atoms with Crippen molar-refractivity contribution >= 4 is 35.5 Å². The van der Waals surface area contributed by atoms with Gasteiger partial charge < -0.3 is 9.67 Å². The lowest BCUT2D eigenvalue weighted by Gasteiger charge is -2.06. The molecule has 0 spiro atoms. The van der Waals surface area contributed by atoms with Crippen LogP contribution in [-0.2, 0) is 4.79 Å². The highest BCUT2D eigenvalue weighted by atomic mass is 35.5. The van der Waals surface area contributed by atoms with Crippen LogP contribution in [0.5, 0.6) is 5.75 Å². The topological polar surface area (TPSA) is 66.6 Å². The second-order valence-corrected chi connectivity index (χ2v) is 6.84. The van der Waals surface area contributed by atoms with Gasteiger partial charge in [-0.1, -0.05) is 11.6 Å². The van der Waals surface area contributed by atoms with Crippen LogP contribution in [0, 0.1) is 0 Å². The van der Waals surface area contributed by atoms with Gasteiger partial charge in [-0.05, 0) is 60.7 Å². The number of carbonyl (C=O) groups is 1. The molecule has 0 aliphatic heterocycles. The fourth-order valence-electron chi connectivity index (χ4n) is 2.23. The maximum atomic E-state index is 11.9. The van der Waals surface area contributed by atoms with Crippen LogP contribution >= 0.6 is 23.4 Å². The van der Waals surface area contributed by atoms with Crippen LogP contribution in [-0.4, -0.2) is 27.5 Å². The summed E-state index contributed by atoms with van der Waals surface area (Å²) >= 11 is 7.25. The average molecular weight is 386 g/mol. The normalized spacial score (nSPS) is 11.0. The zero-order valence-electron chi connectivity index (χ0n) is 13.7. The van der Waals surface area contributed by atoms with Gasteiger partial charge in [0.15, 0.2) is 0 Å². The fraction of sp³-hybridized carbons (Fsp3) is 0.0526. The zero-order chi connectivity index (χ0) is 18.4. The molecule has 3 aromatic rings. The Labute approximate surface area is 160 Å². The van der Waals surface area contributed by atoms with Crippen molar-refractivity contribution < 1.29 is 9.90 Å². The summed E-state index contributed by atoms with van der Waals surface area (Å²) in [7, 11) is 0. The van der Waals surface area contributed by atoms with E-state index in [1.54, 1.807) is 42.6 Å². The second-order valence-electron chi connectivity index (χ2n) is 5.36. The van der Waals surface area contributed by atoms with Gasteiger partial charge in [0.05, 0.1) is 17.7 Å². The number of nitrogens with zero attached hydrogens (tertiary/aromatic N) is 2. The maximum Gasteiger partial charge on any atom is 0.250 e. The Morgan fingerprint density at radius 1 is 1.15 bits per heavy atom. The number of hydrogen-bond donors (Lipinski definition) is 2. The number of rotatable bonds is 6. The Hall–Kier alpha value is -2.70. The SMILES string of the molecule is O=C(CSc1ccc(Cl)cc1)N/N=C\c1cccn1-c1ccc(O)cc1. The minimum atomic E-state index is -0.191. The molecule has 1 aromatic heterocycles. The number of hydrogen-bond acceptors (Lipinski definition) is 4.